The van der Waals surface area contributed by atoms with E-state index in [1.807, 2.05) is 11.3 Å². The van der Waals surface area contributed by atoms with E-state index in [0.29, 0.717) is 0 Å². The van der Waals surface area contributed by atoms with E-state index in [4.69, 9.17) is 4.42 Å². The summed E-state index contributed by atoms with van der Waals surface area (Å²) in [7, 11) is 0. The molecule has 0 N–H and O–H groups in total. The second kappa shape index (κ2) is 8.69. The van der Waals surface area contributed by atoms with Gasteiger partial charge in [0.1, 0.15) is 5.58 Å². The van der Waals surface area contributed by atoms with Gasteiger partial charge in [-0.1, -0.05) is 103 Å². The molecule has 0 saturated heterocycles. The number of thiophene rings is 1. The first-order valence-corrected chi connectivity index (χ1v) is 14.7. The summed E-state index contributed by atoms with van der Waals surface area (Å²) in [5, 5.41) is 9.52. The Balaban J connectivity index is 1.44. The summed E-state index contributed by atoms with van der Waals surface area (Å²) in [5.41, 5.74) is 5.13. The topological polar surface area (TPSA) is 16.4 Å². The third-order valence-electron chi connectivity index (χ3n) is 8.24. The normalized spacial score (nSPS) is 11.9. The van der Waals surface area contributed by atoms with Gasteiger partial charge >= 0.3 is 0 Å². The first kappa shape index (κ1) is 22.7. The molecule has 0 saturated carbocycles. The van der Waals surface area contributed by atoms with Crippen molar-refractivity contribution in [3.63, 3.8) is 0 Å². The number of nitrogens with zero attached hydrogens (tertiary/aromatic N) is 1. The van der Waals surface area contributed by atoms with Crippen molar-refractivity contribution in [3.05, 3.63) is 140 Å². The van der Waals surface area contributed by atoms with Crippen LogP contribution in [0, 0.1) is 0 Å². The van der Waals surface area contributed by atoms with Crippen LogP contribution in [0.3, 0.4) is 0 Å². The Labute approximate surface area is 240 Å². The van der Waals surface area contributed by atoms with E-state index in [-0.39, 0.29) is 0 Å². The molecular formula is C38H23NOS. The molecule has 3 heteroatoms. The Bertz CT molecular complexity index is 2440. The Kier molecular flexibility index (Phi) is 4.80. The number of para-hydroxylation sites is 1. The lowest BCUT2D eigenvalue weighted by molar-refractivity contribution is 0.673. The highest BCUT2D eigenvalue weighted by Crippen LogP contribution is 2.49. The van der Waals surface area contributed by atoms with E-state index in [9.17, 15) is 0 Å². The zero-order valence-corrected chi connectivity index (χ0v) is 22.9. The summed E-state index contributed by atoms with van der Waals surface area (Å²) < 4.78 is 9.44. The van der Waals surface area contributed by atoms with Crippen molar-refractivity contribution in [2.24, 2.45) is 0 Å². The maximum atomic E-state index is 6.87. The average Bonchev–Trinajstić information content (AvgIpc) is 3.61. The monoisotopic (exact) mass is 541 g/mol. The lowest BCUT2D eigenvalue weighted by atomic mass is 10.0. The number of fused-ring (bicyclic) bond motifs is 9. The van der Waals surface area contributed by atoms with Crippen molar-refractivity contribution < 1.29 is 4.42 Å². The number of anilines is 3. The fraction of sp³-hybridized carbons (Fsp3) is 0. The molecule has 2 aromatic heterocycles. The van der Waals surface area contributed by atoms with Gasteiger partial charge in [0.25, 0.3) is 0 Å². The van der Waals surface area contributed by atoms with Gasteiger partial charge in [0.15, 0.2) is 5.58 Å². The highest BCUT2D eigenvalue weighted by atomic mass is 32.1. The number of hydrogen-bond acceptors (Lipinski definition) is 3. The molecule has 0 aliphatic rings. The van der Waals surface area contributed by atoms with Gasteiger partial charge in [0.2, 0.25) is 0 Å². The molecule has 0 fully saturated rings. The number of rotatable bonds is 3. The van der Waals surface area contributed by atoms with Crippen molar-refractivity contribution in [1.29, 1.82) is 0 Å². The van der Waals surface area contributed by atoms with Crippen LogP contribution in [0.25, 0.3) is 63.7 Å². The lowest BCUT2D eigenvalue weighted by Gasteiger charge is -2.27. The van der Waals surface area contributed by atoms with Gasteiger partial charge in [-0.15, -0.1) is 11.3 Å². The Morgan fingerprint density at radius 2 is 0.976 bits per heavy atom. The second-order valence-electron chi connectivity index (χ2n) is 10.5. The molecule has 0 amide bonds. The summed E-state index contributed by atoms with van der Waals surface area (Å²) in [6, 6.07) is 50.0. The zero-order valence-electron chi connectivity index (χ0n) is 22.0. The summed E-state index contributed by atoms with van der Waals surface area (Å²) in [6.45, 7) is 0. The van der Waals surface area contributed by atoms with Gasteiger partial charge in [-0.2, -0.15) is 0 Å². The van der Waals surface area contributed by atoms with Crippen LogP contribution in [0.5, 0.6) is 0 Å². The Morgan fingerprint density at radius 3 is 1.88 bits per heavy atom. The van der Waals surface area contributed by atoms with Gasteiger partial charge in [-0.25, -0.2) is 0 Å². The molecule has 0 bridgehead atoms. The van der Waals surface area contributed by atoms with Gasteiger partial charge in [-0.05, 0) is 47.2 Å². The van der Waals surface area contributed by atoms with Crippen LogP contribution in [0.4, 0.5) is 17.1 Å². The molecule has 0 radical (unpaired) electrons. The maximum Gasteiger partial charge on any atom is 0.159 e. The first-order valence-electron chi connectivity index (χ1n) is 13.9. The van der Waals surface area contributed by atoms with Crippen molar-refractivity contribution in [2.75, 3.05) is 4.90 Å². The van der Waals surface area contributed by atoms with Gasteiger partial charge in [0.05, 0.1) is 17.1 Å². The van der Waals surface area contributed by atoms with Gasteiger partial charge in [0, 0.05) is 41.7 Å². The summed E-state index contributed by atoms with van der Waals surface area (Å²) >= 11 is 1.85. The molecule has 2 heterocycles. The van der Waals surface area contributed by atoms with E-state index in [0.717, 1.165) is 44.4 Å². The fourth-order valence-electron chi connectivity index (χ4n) is 6.42. The van der Waals surface area contributed by atoms with Crippen LogP contribution in [0.2, 0.25) is 0 Å². The van der Waals surface area contributed by atoms with Crippen LogP contribution >= 0.6 is 11.3 Å². The minimum atomic E-state index is 0.892. The maximum absolute atomic E-state index is 6.87. The van der Waals surface area contributed by atoms with Crippen molar-refractivity contribution in [2.45, 2.75) is 0 Å². The van der Waals surface area contributed by atoms with Crippen LogP contribution in [0.1, 0.15) is 0 Å². The van der Waals surface area contributed by atoms with Crippen molar-refractivity contribution >= 4 is 92.1 Å². The number of hydrogen-bond donors (Lipinski definition) is 0. The predicted molar refractivity (Wildman–Crippen MR) is 176 cm³/mol. The molecule has 0 aliphatic carbocycles. The molecule has 192 valence electrons. The van der Waals surface area contributed by atoms with Crippen LogP contribution in [-0.2, 0) is 0 Å². The molecule has 0 unspecified atom stereocenters. The highest BCUT2D eigenvalue weighted by Gasteiger charge is 2.24. The molecule has 9 aromatic rings. The quantitative estimate of drug-likeness (QED) is 0.221. The third kappa shape index (κ3) is 3.30. The Hall–Kier alpha value is -5.12. The molecular weight excluding hydrogens is 518 g/mol. The minimum absolute atomic E-state index is 0.892. The third-order valence-corrected chi connectivity index (χ3v) is 9.37. The largest absolute Gasteiger partial charge is 0.453 e. The molecule has 2 nitrogen and oxygen atoms in total. The predicted octanol–water partition coefficient (Wildman–Crippen LogP) is 11.7. The van der Waals surface area contributed by atoms with Crippen molar-refractivity contribution in [1.82, 2.24) is 0 Å². The smallest absolute Gasteiger partial charge is 0.159 e. The average molecular weight is 542 g/mol. The molecule has 7 aromatic carbocycles. The fourth-order valence-corrected chi connectivity index (χ4v) is 7.55. The van der Waals surface area contributed by atoms with Crippen LogP contribution in [-0.4, -0.2) is 0 Å². The molecule has 0 aliphatic heterocycles. The molecule has 9 rings (SSSR count). The number of furan rings is 1. The zero-order chi connectivity index (χ0) is 26.9. The van der Waals surface area contributed by atoms with E-state index in [2.05, 4.69) is 144 Å². The first-order chi connectivity index (χ1) is 20.3. The van der Waals surface area contributed by atoms with Gasteiger partial charge in [-0.3, -0.25) is 0 Å². The van der Waals surface area contributed by atoms with E-state index < -0.39 is 0 Å². The summed E-state index contributed by atoms with van der Waals surface area (Å²) in [4.78, 5) is 2.41. The van der Waals surface area contributed by atoms with Gasteiger partial charge < -0.3 is 9.32 Å². The lowest BCUT2D eigenvalue weighted by Crippen LogP contribution is -2.11. The Morgan fingerprint density at radius 1 is 0.390 bits per heavy atom. The van der Waals surface area contributed by atoms with Crippen molar-refractivity contribution in [3.8, 4) is 0 Å². The summed E-state index contributed by atoms with van der Waals surface area (Å²) in [6.07, 6.45) is 0. The molecule has 41 heavy (non-hydrogen) atoms. The van der Waals surface area contributed by atoms with E-state index in [1.165, 1.54) is 36.3 Å². The SMILES string of the molecule is c1ccc2c(N(c3cccc4c3oc3c5ccccc5ccc43)c3cccc4sc5ccccc5c34)cccc2c1. The highest BCUT2D eigenvalue weighted by molar-refractivity contribution is 7.26. The van der Waals surface area contributed by atoms with Crippen LogP contribution in [0.15, 0.2) is 144 Å². The van der Waals surface area contributed by atoms with E-state index >= 15 is 0 Å². The summed E-state index contributed by atoms with van der Waals surface area (Å²) in [5.74, 6) is 0. The second-order valence-corrected chi connectivity index (χ2v) is 11.6. The minimum Gasteiger partial charge on any atom is -0.453 e. The molecule has 0 spiro atoms. The van der Waals surface area contributed by atoms with Crippen LogP contribution < -0.4 is 4.90 Å². The standard InChI is InChI=1S/C38H23NOS/c1-3-13-26-24(10-1)12-7-17-31(26)39(32-18-9-21-35-36(32)30-15-5-6-20-34(30)41-35)33-19-8-16-28-29-23-22-25-11-2-4-14-27(25)37(29)40-38(28)33/h1-23H. The molecule has 0 atom stereocenters. The van der Waals surface area contributed by atoms with E-state index in [1.54, 1.807) is 0 Å². The number of benzene rings is 7.